The van der Waals surface area contributed by atoms with Crippen LogP contribution in [0.5, 0.6) is 0 Å². The molecule has 0 spiro atoms. The van der Waals surface area contributed by atoms with E-state index in [0.29, 0.717) is 30.1 Å². The van der Waals surface area contributed by atoms with Crippen molar-refractivity contribution in [3.05, 3.63) is 57.6 Å². The smallest absolute Gasteiger partial charge is 0.359 e. The predicted molar refractivity (Wildman–Crippen MR) is 143 cm³/mol. The molecule has 184 valence electrons. The third kappa shape index (κ3) is 4.78. The second kappa shape index (κ2) is 10.0. The first-order valence-corrected chi connectivity index (χ1v) is 13.7. The monoisotopic (exact) mass is 526 g/mol. The molecular formula is C29H39BrN2O2. The summed E-state index contributed by atoms with van der Waals surface area (Å²) in [4.78, 5) is 12.8. The summed E-state index contributed by atoms with van der Waals surface area (Å²) in [5, 5.41) is 4.74. The summed E-state index contributed by atoms with van der Waals surface area (Å²) in [7, 11) is 0. The molecule has 0 saturated heterocycles. The topological polar surface area (TPSA) is 50.7 Å². The van der Waals surface area contributed by atoms with E-state index >= 15 is 0 Å². The van der Waals surface area contributed by atoms with E-state index in [0.717, 1.165) is 22.9 Å². The molecule has 0 radical (unpaired) electrons. The Morgan fingerprint density at radius 2 is 1.97 bits per heavy atom. The van der Waals surface area contributed by atoms with Gasteiger partial charge in [0.15, 0.2) is 5.71 Å². The van der Waals surface area contributed by atoms with Crippen molar-refractivity contribution < 1.29 is 9.53 Å². The van der Waals surface area contributed by atoms with E-state index in [1.54, 1.807) is 11.1 Å². The molecule has 1 saturated carbocycles. The van der Waals surface area contributed by atoms with Crippen LogP contribution in [-0.2, 0) is 9.53 Å². The fourth-order valence-electron chi connectivity index (χ4n) is 6.70. The molecule has 0 bridgehead atoms. The summed E-state index contributed by atoms with van der Waals surface area (Å²) in [5.41, 5.74) is 7.85. The number of rotatable bonds is 6. The lowest BCUT2D eigenvalue weighted by Crippen LogP contribution is -2.59. The number of allylic oxidation sites excluding steroid dienone is 4. The average Bonchev–Trinajstić information content (AvgIpc) is 2.80. The zero-order valence-electron chi connectivity index (χ0n) is 21.3. The Morgan fingerprint density at radius 1 is 1.24 bits per heavy atom. The highest BCUT2D eigenvalue weighted by atomic mass is 79.9. The summed E-state index contributed by atoms with van der Waals surface area (Å²) < 4.78 is 6.32. The molecule has 0 aromatic heterocycles. The minimum Gasteiger partial charge on any atom is -0.461 e. The molecular weight excluding hydrogens is 488 g/mol. The van der Waals surface area contributed by atoms with Crippen LogP contribution >= 0.6 is 15.9 Å². The average molecular weight is 528 g/mol. The fourth-order valence-corrected chi connectivity index (χ4v) is 6.96. The molecule has 4 nitrogen and oxygen atoms in total. The summed E-state index contributed by atoms with van der Waals surface area (Å²) in [6.45, 7) is 11.6. The number of nitrogens with one attached hydrogen (secondary N) is 1. The molecule has 0 aliphatic heterocycles. The lowest BCUT2D eigenvalue weighted by molar-refractivity contribution is -0.135. The Morgan fingerprint density at radius 3 is 2.65 bits per heavy atom. The van der Waals surface area contributed by atoms with E-state index in [9.17, 15) is 4.79 Å². The van der Waals surface area contributed by atoms with Gasteiger partial charge in [0.05, 0.1) is 12.1 Å². The lowest BCUT2D eigenvalue weighted by Gasteiger charge is -2.58. The van der Waals surface area contributed by atoms with Crippen molar-refractivity contribution in [2.24, 2.45) is 28.3 Å². The van der Waals surface area contributed by atoms with E-state index in [4.69, 9.17) is 9.84 Å². The molecule has 4 atom stereocenters. The molecule has 0 unspecified atom stereocenters. The lowest BCUT2D eigenvalue weighted by atomic mass is 9.49. The number of hydrazone groups is 1. The first-order chi connectivity index (χ1) is 16.2. The predicted octanol–water partition coefficient (Wildman–Crippen LogP) is 7.19. The van der Waals surface area contributed by atoms with Gasteiger partial charge in [-0.05, 0) is 86.8 Å². The Bertz CT molecular complexity index is 1010. The quantitative estimate of drug-likeness (QED) is 0.242. The first-order valence-electron chi connectivity index (χ1n) is 12.9. The van der Waals surface area contributed by atoms with Crippen LogP contribution in [0.4, 0.5) is 0 Å². The maximum absolute atomic E-state index is 12.8. The summed E-state index contributed by atoms with van der Waals surface area (Å²) >= 11 is 3.47. The highest BCUT2D eigenvalue weighted by Crippen LogP contribution is 2.59. The fraction of sp³-hybridized carbons (Fsp3) is 0.586. The van der Waals surface area contributed by atoms with E-state index in [2.05, 4.69) is 61.2 Å². The van der Waals surface area contributed by atoms with Crippen LogP contribution in [0.3, 0.4) is 0 Å². The Kier molecular flexibility index (Phi) is 7.42. The molecule has 1 N–H and O–H groups in total. The van der Waals surface area contributed by atoms with Crippen LogP contribution in [0.15, 0.2) is 57.1 Å². The van der Waals surface area contributed by atoms with Gasteiger partial charge in [-0.15, -0.1) is 0 Å². The summed E-state index contributed by atoms with van der Waals surface area (Å²) in [6.07, 6.45) is 12.0. The van der Waals surface area contributed by atoms with Crippen molar-refractivity contribution in [2.45, 2.75) is 78.7 Å². The third-order valence-electron chi connectivity index (χ3n) is 8.59. The van der Waals surface area contributed by atoms with E-state index in [1.807, 2.05) is 31.2 Å². The number of hydrogen-bond acceptors (Lipinski definition) is 4. The standard InChI is InChI=1S/C29H39BrN2O2/c1-6-34-27(33)26(20-8-12-23(30)13-9-20)31-32-29(5)17-7-16-28(4)24-14-10-21(19(2)3)18-22(24)11-15-25(28)29/h8-9,11-13,18-19,24-25,32H,6-7,10,14-17H2,1-5H3/b31-26-/t24-,25+,28+,29-/m0/s1. The minimum absolute atomic E-state index is 0.176. The van der Waals surface area contributed by atoms with Gasteiger partial charge in [-0.25, -0.2) is 4.79 Å². The largest absolute Gasteiger partial charge is 0.461 e. The number of benzene rings is 1. The van der Waals surface area contributed by atoms with Crippen LogP contribution in [0.25, 0.3) is 0 Å². The molecule has 0 heterocycles. The Hall–Kier alpha value is -1.88. The van der Waals surface area contributed by atoms with Gasteiger partial charge in [0.2, 0.25) is 0 Å². The van der Waals surface area contributed by atoms with Gasteiger partial charge in [0.25, 0.3) is 0 Å². The molecule has 0 amide bonds. The zero-order chi connectivity index (χ0) is 24.5. The van der Waals surface area contributed by atoms with Crippen molar-refractivity contribution in [2.75, 3.05) is 6.61 Å². The van der Waals surface area contributed by atoms with E-state index < -0.39 is 0 Å². The molecule has 3 aliphatic carbocycles. The van der Waals surface area contributed by atoms with Gasteiger partial charge in [0, 0.05) is 10.0 Å². The zero-order valence-corrected chi connectivity index (χ0v) is 22.9. The van der Waals surface area contributed by atoms with Crippen LogP contribution in [-0.4, -0.2) is 23.8 Å². The highest BCUT2D eigenvalue weighted by Gasteiger charge is 2.54. The number of esters is 1. The van der Waals surface area contributed by atoms with Crippen molar-refractivity contribution >= 4 is 27.6 Å². The molecule has 1 aromatic carbocycles. The number of fused-ring (bicyclic) bond motifs is 3. The number of carbonyl (C=O) groups excluding carboxylic acids is 1. The van der Waals surface area contributed by atoms with Gasteiger partial charge in [-0.2, -0.15) is 5.10 Å². The van der Waals surface area contributed by atoms with Gasteiger partial charge in [0.1, 0.15) is 0 Å². The van der Waals surface area contributed by atoms with Crippen molar-refractivity contribution in [1.29, 1.82) is 0 Å². The number of halogens is 1. The Balaban J connectivity index is 1.64. The molecule has 4 rings (SSSR count). The molecule has 5 heteroatoms. The highest BCUT2D eigenvalue weighted by molar-refractivity contribution is 9.10. The van der Waals surface area contributed by atoms with Crippen molar-refractivity contribution in [1.82, 2.24) is 5.43 Å². The third-order valence-corrected chi connectivity index (χ3v) is 9.12. The van der Waals surface area contributed by atoms with Crippen molar-refractivity contribution in [3.63, 3.8) is 0 Å². The van der Waals surface area contributed by atoms with Gasteiger partial charge in [-0.1, -0.05) is 73.0 Å². The van der Waals surface area contributed by atoms with E-state index in [-0.39, 0.29) is 16.9 Å². The molecule has 34 heavy (non-hydrogen) atoms. The molecule has 1 aromatic rings. The van der Waals surface area contributed by atoms with Crippen LogP contribution in [0.1, 0.15) is 78.7 Å². The maximum Gasteiger partial charge on any atom is 0.359 e. The van der Waals surface area contributed by atoms with Gasteiger partial charge in [-0.3, -0.25) is 0 Å². The Labute approximate surface area is 213 Å². The molecule has 1 fully saturated rings. The van der Waals surface area contributed by atoms with Crippen LogP contribution in [0, 0.1) is 23.2 Å². The number of carbonyl (C=O) groups is 1. The number of ether oxygens (including phenoxy) is 1. The van der Waals surface area contributed by atoms with Crippen molar-refractivity contribution in [3.8, 4) is 0 Å². The van der Waals surface area contributed by atoms with Crippen LogP contribution in [0.2, 0.25) is 0 Å². The first kappa shape index (κ1) is 25.2. The maximum atomic E-state index is 12.8. The SMILES string of the molecule is CCOC(=O)/C(=N\N[C@@]1(C)CCC[C@@]2(C)[C@H]1CC=C1C=C(C(C)C)CC[C@@H]12)c1ccc(Br)cc1. The number of hydrogen-bond donors (Lipinski definition) is 1. The summed E-state index contributed by atoms with van der Waals surface area (Å²) in [5.74, 6) is 1.31. The summed E-state index contributed by atoms with van der Waals surface area (Å²) in [6, 6.07) is 7.67. The van der Waals surface area contributed by atoms with E-state index in [1.165, 1.54) is 25.7 Å². The second-order valence-electron chi connectivity index (χ2n) is 11.0. The minimum atomic E-state index is -0.385. The van der Waals surface area contributed by atoms with Gasteiger partial charge < -0.3 is 10.2 Å². The van der Waals surface area contributed by atoms with Gasteiger partial charge >= 0.3 is 5.97 Å². The normalized spacial score (nSPS) is 31.2. The number of nitrogens with zero attached hydrogens (tertiary/aromatic N) is 1. The molecule has 3 aliphatic rings. The van der Waals surface area contributed by atoms with Crippen LogP contribution < -0.4 is 5.43 Å². The second-order valence-corrected chi connectivity index (χ2v) is 11.9.